The first-order chi connectivity index (χ1) is 15.8. The van der Waals surface area contributed by atoms with Gasteiger partial charge in [0.05, 0.1) is 16.0 Å². The van der Waals surface area contributed by atoms with Gasteiger partial charge < -0.3 is 9.67 Å². The van der Waals surface area contributed by atoms with Crippen LogP contribution in [0.5, 0.6) is 0 Å². The molecule has 4 aromatic rings. The van der Waals surface area contributed by atoms with E-state index in [1.165, 1.54) is 12.1 Å². The van der Waals surface area contributed by atoms with E-state index < -0.39 is 21.8 Å². The summed E-state index contributed by atoms with van der Waals surface area (Å²) in [6.45, 7) is 0. The average molecular weight is 465 g/mol. The van der Waals surface area contributed by atoms with Gasteiger partial charge in [-0.25, -0.2) is 17.6 Å². The zero-order valence-corrected chi connectivity index (χ0v) is 18.4. The van der Waals surface area contributed by atoms with Crippen molar-refractivity contribution in [1.29, 1.82) is 0 Å². The van der Waals surface area contributed by atoms with Crippen molar-refractivity contribution in [2.45, 2.75) is 30.6 Å². The molecular weight excluding hydrogens is 443 g/mol. The summed E-state index contributed by atoms with van der Waals surface area (Å²) in [5.74, 6) is -1.49. The third kappa shape index (κ3) is 3.87. The SMILES string of the molecule is O=C(O)c1cccc(-n2c3c(c4cc(NS(=O)(=O)c5ccc(F)cc5)ccc42)CCCC3)c1. The zero-order valence-electron chi connectivity index (χ0n) is 17.6. The summed E-state index contributed by atoms with van der Waals surface area (Å²) < 4.78 is 43.4. The summed E-state index contributed by atoms with van der Waals surface area (Å²) in [5.41, 5.74) is 4.56. The molecular formula is C25H21FN2O4S. The molecule has 1 aromatic heterocycles. The third-order valence-corrected chi connectivity index (χ3v) is 7.40. The molecule has 5 rings (SSSR count). The molecule has 0 fully saturated rings. The lowest BCUT2D eigenvalue weighted by atomic mass is 9.95. The Hall–Kier alpha value is -3.65. The van der Waals surface area contributed by atoms with Crippen molar-refractivity contribution >= 4 is 32.6 Å². The smallest absolute Gasteiger partial charge is 0.335 e. The predicted octanol–water partition coefficient (Wildman–Crippen LogP) is 5.15. The van der Waals surface area contributed by atoms with Gasteiger partial charge in [-0.3, -0.25) is 4.72 Å². The topological polar surface area (TPSA) is 88.4 Å². The fourth-order valence-electron chi connectivity index (χ4n) is 4.51. The number of carbonyl (C=O) groups is 1. The molecule has 0 atom stereocenters. The van der Waals surface area contributed by atoms with Crippen molar-refractivity contribution in [1.82, 2.24) is 4.57 Å². The molecule has 168 valence electrons. The maximum Gasteiger partial charge on any atom is 0.335 e. The van der Waals surface area contributed by atoms with Crippen molar-refractivity contribution in [3.8, 4) is 5.69 Å². The molecule has 33 heavy (non-hydrogen) atoms. The van der Waals surface area contributed by atoms with Gasteiger partial charge in [0.1, 0.15) is 5.82 Å². The van der Waals surface area contributed by atoms with Gasteiger partial charge in [0, 0.05) is 22.5 Å². The molecule has 0 amide bonds. The van der Waals surface area contributed by atoms with E-state index in [1.807, 2.05) is 18.2 Å². The van der Waals surface area contributed by atoms with Crippen LogP contribution in [0.25, 0.3) is 16.6 Å². The van der Waals surface area contributed by atoms with Crippen LogP contribution in [0.4, 0.5) is 10.1 Å². The number of aromatic nitrogens is 1. The quantitative estimate of drug-likeness (QED) is 0.428. The number of sulfonamides is 1. The van der Waals surface area contributed by atoms with Crippen LogP contribution in [0.15, 0.2) is 71.6 Å². The minimum absolute atomic E-state index is 0.0194. The zero-order chi connectivity index (χ0) is 23.2. The summed E-state index contributed by atoms with van der Waals surface area (Å²) in [6.07, 6.45) is 3.79. The Morgan fingerprint density at radius 3 is 2.48 bits per heavy atom. The van der Waals surface area contributed by atoms with Crippen LogP contribution in [-0.4, -0.2) is 24.1 Å². The summed E-state index contributed by atoms with van der Waals surface area (Å²) in [5, 5.41) is 10.4. The van der Waals surface area contributed by atoms with E-state index in [9.17, 15) is 22.7 Å². The highest BCUT2D eigenvalue weighted by Crippen LogP contribution is 2.36. The first kappa shape index (κ1) is 21.2. The number of fused-ring (bicyclic) bond motifs is 3. The van der Waals surface area contributed by atoms with Gasteiger partial charge in [-0.1, -0.05) is 6.07 Å². The number of carboxylic acid groups (broad SMARTS) is 1. The minimum Gasteiger partial charge on any atom is -0.478 e. The van der Waals surface area contributed by atoms with Crippen molar-refractivity contribution in [3.05, 3.63) is 89.4 Å². The molecule has 0 bridgehead atoms. The summed E-state index contributed by atoms with van der Waals surface area (Å²) in [6, 6.07) is 16.9. The highest BCUT2D eigenvalue weighted by molar-refractivity contribution is 7.92. The van der Waals surface area contributed by atoms with Gasteiger partial charge >= 0.3 is 5.97 Å². The van der Waals surface area contributed by atoms with E-state index in [1.54, 1.807) is 24.3 Å². The second kappa shape index (κ2) is 8.04. The normalized spacial score (nSPS) is 13.6. The first-order valence-corrected chi connectivity index (χ1v) is 12.1. The largest absolute Gasteiger partial charge is 0.478 e. The highest BCUT2D eigenvalue weighted by Gasteiger charge is 2.22. The molecule has 1 heterocycles. The maximum absolute atomic E-state index is 13.2. The second-order valence-corrected chi connectivity index (χ2v) is 9.80. The Balaban J connectivity index is 1.61. The lowest BCUT2D eigenvalue weighted by Gasteiger charge is -2.16. The number of benzene rings is 3. The average Bonchev–Trinajstić information content (AvgIpc) is 3.13. The third-order valence-electron chi connectivity index (χ3n) is 6.00. The Bertz CT molecular complexity index is 1490. The molecule has 0 saturated carbocycles. The monoisotopic (exact) mass is 464 g/mol. The number of carboxylic acids is 1. The van der Waals surface area contributed by atoms with Crippen LogP contribution in [-0.2, 0) is 22.9 Å². The van der Waals surface area contributed by atoms with Crippen molar-refractivity contribution in [3.63, 3.8) is 0 Å². The van der Waals surface area contributed by atoms with Crippen LogP contribution in [0.2, 0.25) is 0 Å². The number of nitrogens with zero attached hydrogens (tertiary/aromatic N) is 1. The molecule has 6 nitrogen and oxygen atoms in total. The van der Waals surface area contributed by atoms with Gasteiger partial charge in [0.25, 0.3) is 10.0 Å². The van der Waals surface area contributed by atoms with E-state index >= 15 is 0 Å². The summed E-state index contributed by atoms with van der Waals surface area (Å²) in [4.78, 5) is 11.5. The molecule has 0 aliphatic heterocycles. The second-order valence-electron chi connectivity index (χ2n) is 8.11. The Labute approximate surface area is 190 Å². The van der Waals surface area contributed by atoms with Crippen molar-refractivity contribution < 1.29 is 22.7 Å². The Kier molecular flexibility index (Phi) is 5.17. The van der Waals surface area contributed by atoms with Crippen LogP contribution >= 0.6 is 0 Å². The van der Waals surface area contributed by atoms with E-state index in [-0.39, 0.29) is 10.5 Å². The van der Waals surface area contributed by atoms with Crippen molar-refractivity contribution in [2.24, 2.45) is 0 Å². The van der Waals surface area contributed by atoms with Gasteiger partial charge in [0.2, 0.25) is 0 Å². The minimum atomic E-state index is -3.87. The fraction of sp³-hybridized carbons (Fsp3) is 0.160. The lowest BCUT2D eigenvalue weighted by molar-refractivity contribution is 0.0697. The number of anilines is 1. The molecule has 3 aromatic carbocycles. The molecule has 1 aliphatic carbocycles. The van der Waals surface area contributed by atoms with E-state index in [0.717, 1.165) is 65.7 Å². The number of hydrogen-bond donors (Lipinski definition) is 2. The molecule has 8 heteroatoms. The number of aryl methyl sites for hydroxylation is 1. The molecule has 0 spiro atoms. The number of rotatable bonds is 5. The molecule has 2 N–H and O–H groups in total. The van der Waals surface area contributed by atoms with Gasteiger partial charge in [0.15, 0.2) is 0 Å². The molecule has 0 unspecified atom stereocenters. The number of aromatic carboxylic acids is 1. The number of hydrogen-bond acceptors (Lipinski definition) is 3. The van der Waals surface area contributed by atoms with Crippen LogP contribution in [0.3, 0.4) is 0 Å². The van der Waals surface area contributed by atoms with Crippen molar-refractivity contribution in [2.75, 3.05) is 4.72 Å². The van der Waals surface area contributed by atoms with Gasteiger partial charge in [-0.15, -0.1) is 0 Å². The first-order valence-electron chi connectivity index (χ1n) is 10.6. The van der Waals surface area contributed by atoms with Crippen LogP contribution in [0, 0.1) is 5.82 Å². The molecule has 0 radical (unpaired) electrons. The predicted molar refractivity (Wildman–Crippen MR) is 124 cm³/mol. The van der Waals surface area contributed by atoms with Gasteiger partial charge in [-0.2, -0.15) is 0 Å². The standard InChI is InChI=1S/C25H21FN2O4S/c26-17-8-11-20(12-9-17)33(31,32)27-18-10-13-24-22(15-18)21-6-1-2-7-23(21)28(24)19-5-3-4-16(14-19)25(29)30/h3-5,8-15,27H,1-2,6-7H2,(H,29,30). The summed E-state index contributed by atoms with van der Waals surface area (Å²) in [7, 11) is -3.87. The maximum atomic E-state index is 13.2. The number of nitrogens with one attached hydrogen (secondary N) is 1. The number of halogens is 1. The van der Waals surface area contributed by atoms with Gasteiger partial charge in [-0.05, 0) is 91.9 Å². The summed E-state index contributed by atoms with van der Waals surface area (Å²) >= 11 is 0. The molecule has 1 aliphatic rings. The Morgan fingerprint density at radius 1 is 0.970 bits per heavy atom. The van der Waals surface area contributed by atoms with E-state index in [2.05, 4.69) is 9.29 Å². The van der Waals surface area contributed by atoms with Crippen LogP contribution < -0.4 is 4.72 Å². The molecule has 0 saturated heterocycles. The fourth-order valence-corrected chi connectivity index (χ4v) is 5.56. The van der Waals surface area contributed by atoms with Crippen LogP contribution in [0.1, 0.15) is 34.5 Å². The van der Waals surface area contributed by atoms with E-state index in [0.29, 0.717) is 5.69 Å². The Morgan fingerprint density at radius 2 is 1.73 bits per heavy atom. The highest BCUT2D eigenvalue weighted by atomic mass is 32.2. The lowest BCUT2D eigenvalue weighted by Crippen LogP contribution is -2.12. The van der Waals surface area contributed by atoms with E-state index in [4.69, 9.17) is 0 Å².